The Morgan fingerprint density at radius 3 is 2.69 bits per heavy atom. The zero-order valence-corrected chi connectivity index (χ0v) is 15.1. The molecule has 4 nitrogen and oxygen atoms in total. The third-order valence-electron chi connectivity index (χ3n) is 3.97. The molecule has 0 aliphatic carbocycles. The fraction of sp³-hybridized carbons (Fsp3) is 0.389. The molecule has 0 fully saturated rings. The van der Waals surface area contributed by atoms with Gasteiger partial charge >= 0.3 is 6.18 Å². The first-order valence-electron chi connectivity index (χ1n) is 8.52. The van der Waals surface area contributed by atoms with E-state index in [-0.39, 0.29) is 5.82 Å². The fourth-order valence-electron chi connectivity index (χ4n) is 2.60. The van der Waals surface area contributed by atoms with E-state index in [1.54, 1.807) is 23.6 Å². The summed E-state index contributed by atoms with van der Waals surface area (Å²) in [7, 11) is 0. The van der Waals surface area contributed by atoms with Crippen molar-refractivity contribution >= 4 is 11.3 Å². The number of halogens is 3. The second-order valence-corrected chi connectivity index (χ2v) is 7.18. The van der Waals surface area contributed by atoms with Gasteiger partial charge in [0.15, 0.2) is 5.82 Å². The molecular weight excluding hydrogens is 361 g/mol. The summed E-state index contributed by atoms with van der Waals surface area (Å²) >= 11 is 1.70. The number of nitrogens with zero attached hydrogens (tertiary/aromatic N) is 3. The van der Waals surface area contributed by atoms with Gasteiger partial charge in [0.05, 0.1) is 0 Å². The number of rotatable bonds is 7. The van der Waals surface area contributed by atoms with E-state index in [1.807, 2.05) is 17.2 Å². The van der Waals surface area contributed by atoms with Crippen molar-refractivity contribution in [2.75, 3.05) is 0 Å². The Kier molecular flexibility index (Phi) is 5.70. The Balaban J connectivity index is 1.75. The van der Waals surface area contributed by atoms with Gasteiger partial charge in [-0.15, -0.1) is 11.3 Å². The Morgan fingerprint density at radius 2 is 1.96 bits per heavy atom. The van der Waals surface area contributed by atoms with Crippen LogP contribution in [0.1, 0.15) is 43.3 Å². The second kappa shape index (κ2) is 7.99. The summed E-state index contributed by atoms with van der Waals surface area (Å²) in [5, 5.41) is 5.55. The van der Waals surface area contributed by atoms with Crippen molar-refractivity contribution in [2.45, 2.75) is 45.2 Å². The van der Waals surface area contributed by atoms with Gasteiger partial charge in [0.1, 0.15) is 5.69 Å². The Bertz CT molecular complexity index is 854. The van der Waals surface area contributed by atoms with E-state index < -0.39 is 12.0 Å². The summed E-state index contributed by atoms with van der Waals surface area (Å²) < 4.78 is 38.0. The van der Waals surface area contributed by atoms with E-state index in [0.29, 0.717) is 5.69 Å². The zero-order chi connectivity index (χ0) is 18.6. The van der Waals surface area contributed by atoms with Crippen LogP contribution in [0.15, 0.2) is 30.5 Å². The number of aryl methyl sites for hydroxylation is 1. The molecule has 8 heteroatoms. The third-order valence-corrected chi connectivity index (χ3v) is 5.16. The lowest BCUT2D eigenvalue weighted by molar-refractivity contribution is -0.144. The predicted molar refractivity (Wildman–Crippen MR) is 95.8 cm³/mol. The third kappa shape index (κ3) is 4.49. The van der Waals surface area contributed by atoms with Gasteiger partial charge in [-0.05, 0) is 42.7 Å². The Morgan fingerprint density at radius 1 is 1.12 bits per heavy atom. The maximum atomic E-state index is 12.7. The lowest BCUT2D eigenvalue weighted by Crippen LogP contribution is -2.07. The van der Waals surface area contributed by atoms with Crippen LogP contribution < -0.4 is 0 Å². The molecule has 26 heavy (non-hydrogen) atoms. The zero-order valence-electron chi connectivity index (χ0n) is 14.3. The summed E-state index contributed by atoms with van der Waals surface area (Å²) in [6.07, 6.45) is 2.94. The molecule has 138 valence electrons. The molecule has 3 aromatic rings. The summed E-state index contributed by atoms with van der Waals surface area (Å²) in [6.45, 7) is 2.19. The molecule has 0 saturated carbocycles. The van der Waals surface area contributed by atoms with Crippen molar-refractivity contribution in [3.05, 3.63) is 41.2 Å². The minimum Gasteiger partial charge on any atom is -0.255 e. The molecule has 0 aromatic carbocycles. The van der Waals surface area contributed by atoms with Crippen molar-refractivity contribution in [1.29, 1.82) is 0 Å². The summed E-state index contributed by atoms with van der Waals surface area (Å²) in [5.74, 6) is -1.18. The highest BCUT2D eigenvalue weighted by molar-refractivity contribution is 7.15. The largest absolute Gasteiger partial charge is 0.451 e. The fourth-order valence-corrected chi connectivity index (χ4v) is 3.65. The summed E-state index contributed by atoms with van der Waals surface area (Å²) in [5.41, 5.74) is 1.21. The number of thiophene rings is 1. The molecule has 0 radical (unpaired) electrons. The smallest absolute Gasteiger partial charge is 0.255 e. The Hall–Kier alpha value is -2.22. The van der Waals surface area contributed by atoms with Crippen LogP contribution in [0.25, 0.3) is 22.0 Å². The van der Waals surface area contributed by atoms with Gasteiger partial charge in [-0.2, -0.15) is 18.3 Å². The number of unbranched alkanes of at least 4 members (excludes halogenated alkanes) is 3. The van der Waals surface area contributed by atoms with Crippen molar-refractivity contribution in [3.63, 3.8) is 0 Å². The molecule has 3 rings (SSSR count). The van der Waals surface area contributed by atoms with E-state index in [4.69, 9.17) is 0 Å². The SMILES string of the molecule is CCCCCCc1ccc(-c2ccnc(-c3n[nH]c(C(F)(F)F)n3)c2)s1. The molecule has 1 N–H and O–H groups in total. The quantitative estimate of drug-likeness (QED) is 0.532. The van der Waals surface area contributed by atoms with Crippen molar-refractivity contribution < 1.29 is 13.2 Å². The molecule has 0 bridgehead atoms. The number of nitrogens with one attached hydrogen (secondary N) is 1. The number of alkyl halides is 3. The van der Waals surface area contributed by atoms with Crippen LogP contribution in [-0.2, 0) is 12.6 Å². The van der Waals surface area contributed by atoms with Crippen LogP contribution in [-0.4, -0.2) is 20.2 Å². The summed E-state index contributed by atoms with van der Waals surface area (Å²) in [6, 6.07) is 7.71. The van der Waals surface area contributed by atoms with Crippen LogP contribution in [0, 0.1) is 0 Å². The number of aromatic nitrogens is 4. The van der Waals surface area contributed by atoms with E-state index >= 15 is 0 Å². The van der Waals surface area contributed by atoms with E-state index in [0.717, 1.165) is 16.9 Å². The number of hydrogen-bond donors (Lipinski definition) is 1. The first-order chi connectivity index (χ1) is 12.5. The van der Waals surface area contributed by atoms with Crippen LogP contribution >= 0.6 is 11.3 Å². The highest BCUT2D eigenvalue weighted by Crippen LogP contribution is 2.31. The van der Waals surface area contributed by atoms with Crippen LogP contribution in [0.3, 0.4) is 0 Å². The van der Waals surface area contributed by atoms with Crippen molar-refractivity contribution in [2.24, 2.45) is 0 Å². The van der Waals surface area contributed by atoms with Gasteiger partial charge in [0.2, 0.25) is 5.82 Å². The van der Waals surface area contributed by atoms with Crippen molar-refractivity contribution in [3.8, 4) is 22.0 Å². The number of H-pyrrole nitrogens is 1. The highest BCUT2D eigenvalue weighted by atomic mass is 32.1. The van der Waals surface area contributed by atoms with Gasteiger partial charge in [-0.3, -0.25) is 10.1 Å². The number of aromatic amines is 1. The van der Waals surface area contributed by atoms with Gasteiger partial charge < -0.3 is 0 Å². The number of hydrogen-bond acceptors (Lipinski definition) is 4. The predicted octanol–water partition coefficient (Wildman–Crippen LogP) is 5.74. The first-order valence-corrected chi connectivity index (χ1v) is 9.34. The summed E-state index contributed by atoms with van der Waals surface area (Å²) in [4.78, 5) is 9.97. The van der Waals surface area contributed by atoms with E-state index in [1.165, 1.54) is 30.6 Å². The molecule has 0 saturated heterocycles. The van der Waals surface area contributed by atoms with Gasteiger partial charge in [-0.1, -0.05) is 26.2 Å². The van der Waals surface area contributed by atoms with Gasteiger partial charge in [-0.25, -0.2) is 4.98 Å². The van der Waals surface area contributed by atoms with Crippen LogP contribution in [0.4, 0.5) is 13.2 Å². The molecule has 0 aliphatic heterocycles. The number of pyridine rings is 1. The molecule has 0 spiro atoms. The molecule has 0 aliphatic rings. The van der Waals surface area contributed by atoms with E-state index in [9.17, 15) is 13.2 Å². The lowest BCUT2D eigenvalue weighted by Gasteiger charge is -2.01. The van der Waals surface area contributed by atoms with Gasteiger partial charge in [0.25, 0.3) is 0 Å². The molecule has 3 aromatic heterocycles. The van der Waals surface area contributed by atoms with Gasteiger partial charge in [0, 0.05) is 16.0 Å². The lowest BCUT2D eigenvalue weighted by atomic mass is 10.1. The standard InChI is InChI=1S/C18H19F3N4S/c1-2-3-4-5-6-13-7-8-15(26-13)12-9-10-22-14(11-12)16-23-17(25-24-16)18(19,20)21/h7-11H,2-6H2,1H3,(H,23,24,25). The minimum absolute atomic E-state index is 0.0597. The average molecular weight is 380 g/mol. The maximum absolute atomic E-state index is 12.7. The molecule has 0 atom stereocenters. The normalized spacial score (nSPS) is 11.8. The average Bonchev–Trinajstić information content (AvgIpc) is 3.28. The minimum atomic E-state index is -4.55. The molecular formula is C18H19F3N4S. The van der Waals surface area contributed by atoms with Crippen molar-refractivity contribution in [1.82, 2.24) is 20.2 Å². The topological polar surface area (TPSA) is 54.5 Å². The molecule has 0 unspecified atom stereocenters. The van der Waals surface area contributed by atoms with Crippen LogP contribution in [0.2, 0.25) is 0 Å². The Labute approximate surface area is 153 Å². The molecule has 0 amide bonds. The monoisotopic (exact) mass is 380 g/mol. The van der Waals surface area contributed by atoms with E-state index in [2.05, 4.69) is 28.1 Å². The van der Waals surface area contributed by atoms with Crippen LogP contribution in [0.5, 0.6) is 0 Å². The maximum Gasteiger partial charge on any atom is 0.451 e. The molecule has 3 heterocycles. The first kappa shape index (κ1) is 18.6. The highest BCUT2D eigenvalue weighted by Gasteiger charge is 2.35. The second-order valence-electron chi connectivity index (χ2n) is 6.01.